The van der Waals surface area contributed by atoms with Crippen LogP contribution in [0.4, 0.5) is 0 Å². The minimum atomic E-state index is -0.0529. The van der Waals surface area contributed by atoms with E-state index in [0.29, 0.717) is 22.5 Å². The standard InChI is InChI=1S/C21H30O2/c1-19(2)9-5-10-20(3)17(19)8-11-21(4)18(20)13-14-12-15(22)6-7-16(14)23-21/h6-7,12,17-18,22H,5,8-11,13H2,1-4H3/t17?,18-,20+,21-/m1/s1. The lowest BCUT2D eigenvalue weighted by atomic mass is 9.44. The molecule has 2 nitrogen and oxygen atoms in total. The molecule has 1 aliphatic heterocycles. The molecule has 4 atom stereocenters. The highest BCUT2D eigenvalue weighted by Crippen LogP contribution is 2.64. The molecule has 0 aromatic heterocycles. The van der Waals surface area contributed by atoms with Crippen LogP contribution in [0.3, 0.4) is 0 Å². The zero-order chi connectivity index (χ0) is 16.5. The molecule has 1 unspecified atom stereocenters. The number of phenols is 1. The molecule has 0 spiro atoms. The first-order valence-electron chi connectivity index (χ1n) is 9.26. The van der Waals surface area contributed by atoms with Gasteiger partial charge in [-0.2, -0.15) is 0 Å². The number of hydrogen-bond donors (Lipinski definition) is 1. The molecule has 1 heterocycles. The Morgan fingerprint density at radius 3 is 2.61 bits per heavy atom. The van der Waals surface area contributed by atoms with E-state index in [1.807, 2.05) is 12.1 Å². The smallest absolute Gasteiger partial charge is 0.123 e. The molecule has 23 heavy (non-hydrogen) atoms. The minimum absolute atomic E-state index is 0.0529. The van der Waals surface area contributed by atoms with Crippen LogP contribution in [-0.2, 0) is 6.42 Å². The van der Waals surface area contributed by atoms with Crippen LogP contribution >= 0.6 is 0 Å². The lowest BCUT2D eigenvalue weighted by Gasteiger charge is -2.63. The maximum atomic E-state index is 9.87. The summed E-state index contributed by atoms with van der Waals surface area (Å²) in [4.78, 5) is 0. The maximum absolute atomic E-state index is 9.87. The fourth-order valence-electron chi connectivity index (χ4n) is 6.47. The Labute approximate surface area is 140 Å². The third-order valence-electron chi connectivity index (χ3n) is 7.55. The molecule has 0 bridgehead atoms. The molecule has 1 N–H and O–H groups in total. The van der Waals surface area contributed by atoms with Gasteiger partial charge >= 0.3 is 0 Å². The number of rotatable bonds is 0. The van der Waals surface area contributed by atoms with Gasteiger partial charge in [-0.3, -0.25) is 0 Å². The highest BCUT2D eigenvalue weighted by molar-refractivity contribution is 5.42. The molecule has 1 aromatic rings. The lowest BCUT2D eigenvalue weighted by molar-refractivity contribution is -0.162. The summed E-state index contributed by atoms with van der Waals surface area (Å²) >= 11 is 0. The highest BCUT2D eigenvalue weighted by atomic mass is 16.5. The van der Waals surface area contributed by atoms with E-state index in [-0.39, 0.29) is 5.60 Å². The van der Waals surface area contributed by atoms with E-state index in [2.05, 4.69) is 27.7 Å². The van der Waals surface area contributed by atoms with Gasteiger partial charge in [-0.05, 0) is 79.5 Å². The first-order chi connectivity index (χ1) is 10.7. The van der Waals surface area contributed by atoms with Gasteiger partial charge in [0.05, 0.1) is 0 Å². The minimum Gasteiger partial charge on any atom is -0.508 e. The summed E-state index contributed by atoms with van der Waals surface area (Å²) in [5.74, 6) is 2.67. The third-order valence-corrected chi connectivity index (χ3v) is 7.55. The molecular formula is C21H30O2. The van der Waals surface area contributed by atoms with Crippen molar-refractivity contribution < 1.29 is 9.84 Å². The van der Waals surface area contributed by atoms with Crippen molar-refractivity contribution in [2.75, 3.05) is 0 Å². The predicted octanol–water partition coefficient (Wildman–Crippen LogP) is 5.33. The van der Waals surface area contributed by atoms with Crippen molar-refractivity contribution in [1.29, 1.82) is 0 Å². The van der Waals surface area contributed by atoms with Crippen LogP contribution in [0, 0.1) is 22.7 Å². The predicted molar refractivity (Wildman–Crippen MR) is 92.8 cm³/mol. The Kier molecular flexibility index (Phi) is 3.12. The topological polar surface area (TPSA) is 29.5 Å². The van der Waals surface area contributed by atoms with Crippen molar-refractivity contribution in [3.8, 4) is 11.5 Å². The van der Waals surface area contributed by atoms with E-state index in [1.54, 1.807) is 6.07 Å². The Balaban J connectivity index is 1.77. The summed E-state index contributed by atoms with van der Waals surface area (Å²) in [5, 5.41) is 9.87. The molecule has 3 aliphatic rings. The fourth-order valence-corrected chi connectivity index (χ4v) is 6.47. The van der Waals surface area contributed by atoms with E-state index in [0.717, 1.165) is 24.5 Å². The van der Waals surface area contributed by atoms with Gasteiger partial charge in [0.2, 0.25) is 0 Å². The summed E-state index contributed by atoms with van der Waals surface area (Å²) in [6.45, 7) is 9.80. The second kappa shape index (κ2) is 4.68. The van der Waals surface area contributed by atoms with Gasteiger partial charge in [-0.25, -0.2) is 0 Å². The van der Waals surface area contributed by atoms with Crippen LogP contribution in [0.25, 0.3) is 0 Å². The Hall–Kier alpha value is -1.18. The van der Waals surface area contributed by atoms with E-state index in [9.17, 15) is 5.11 Å². The molecule has 2 fully saturated rings. The SMILES string of the molecule is CC1(C)CCC[C@@]2(C)C1CC[C@@]1(C)Oc3ccc(O)cc3C[C@@H]12. The molecule has 1 aromatic carbocycles. The van der Waals surface area contributed by atoms with Crippen molar-refractivity contribution in [3.63, 3.8) is 0 Å². The van der Waals surface area contributed by atoms with E-state index < -0.39 is 0 Å². The monoisotopic (exact) mass is 314 g/mol. The van der Waals surface area contributed by atoms with Crippen molar-refractivity contribution in [2.24, 2.45) is 22.7 Å². The lowest BCUT2D eigenvalue weighted by Crippen LogP contribution is -2.61. The molecule has 2 saturated carbocycles. The number of benzene rings is 1. The van der Waals surface area contributed by atoms with Gasteiger partial charge in [-0.1, -0.05) is 27.2 Å². The summed E-state index contributed by atoms with van der Waals surface area (Å²) in [5.41, 5.74) is 1.92. The van der Waals surface area contributed by atoms with E-state index in [4.69, 9.17) is 4.74 Å². The number of ether oxygens (including phenoxy) is 1. The van der Waals surface area contributed by atoms with Crippen LogP contribution in [-0.4, -0.2) is 10.7 Å². The molecular weight excluding hydrogens is 284 g/mol. The zero-order valence-electron chi connectivity index (χ0n) is 15.0. The normalized spacial score (nSPS) is 41.2. The number of fused-ring (bicyclic) bond motifs is 4. The first-order valence-corrected chi connectivity index (χ1v) is 9.26. The highest BCUT2D eigenvalue weighted by Gasteiger charge is 2.60. The molecule has 0 amide bonds. The fraction of sp³-hybridized carbons (Fsp3) is 0.714. The average Bonchev–Trinajstić information content (AvgIpc) is 2.45. The summed E-state index contributed by atoms with van der Waals surface area (Å²) < 4.78 is 6.55. The number of aromatic hydroxyl groups is 1. The van der Waals surface area contributed by atoms with Crippen LogP contribution in [0.15, 0.2) is 18.2 Å². The van der Waals surface area contributed by atoms with Gasteiger partial charge in [0.1, 0.15) is 17.1 Å². The second-order valence-electron chi connectivity index (χ2n) is 9.40. The zero-order valence-corrected chi connectivity index (χ0v) is 15.0. The van der Waals surface area contributed by atoms with Crippen molar-refractivity contribution in [2.45, 2.75) is 71.8 Å². The maximum Gasteiger partial charge on any atom is 0.123 e. The Morgan fingerprint density at radius 2 is 1.83 bits per heavy atom. The summed E-state index contributed by atoms with van der Waals surface area (Å²) in [6.07, 6.45) is 7.49. The second-order valence-corrected chi connectivity index (χ2v) is 9.40. The molecule has 0 radical (unpaired) electrons. The van der Waals surface area contributed by atoms with E-state index >= 15 is 0 Å². The summed E-state index contributed by atoms with van der Waals surface area (Å²) in [7, 11) is 0. The van der Waals surface area contributed by atoms with Gasteiger partial charge in [-0.15, -0.1) is 0 Å². The molecule has 2 aliphatic carbocycles. The average molecular weight is 314 g/mol. The van der Waals surface area contributed by atoms with Crippen molar-refractivity contribution in [1.82, 2.24) is 0 Å². The van der Waals surface area contributed by atoms with Crippen LogP contribution < -0.4 is 4.74 Å². The van der Waals surface area contributed by atoms with Gasteiger partial charge in [0.15, 0.2) is 0 Å². The largest absolute Gasteiger partial charge is 0.508 e. The van der Waals surface area contributed by atoms with E-state index in [1.165, 1.54) is 31.2 Å². The van der Waals surface area contributed by atoms with Crippen molar-refractivity contribution >= 4 is 0 Å². The Morgan fingerprint density at radius 1 is 1.04 bits per heavy atom. The molecule has 2 heteroatoms. The van der Waals surface area contributed by atoms with Crippen LogP contribution in [0.2, 0.25) is 0 Å². The number of phenolic OH excluding ortho intramolecular Hbond substituents is 1. The Bertz CT molecular complexity index is 635. The first kappa shape index (κ1) is 15.4. The third kappa shape index (κ3) is 2.13. The van der Waals surface area contributed by atoms with Gasteiger partial charge in [0.25, 0.3) is 0 Å². The molecule has 126 valence electrons. The van der Waals surface area contributed by atoms with Crippen LogP contribution in [0.1, 0.15) is 65.4 Å². The van der Waals surface area contributed by atoms with Crippen LogP contribution in [0.5, 0.6) is 11.5 Å². The summed E-state index contributed by atoms with van der Waals surface area (Å²) in [6, 6.07) is 5.61. The van der Waals surface area contributed by atoms with Gasteiger partial charge in [0, 0.05) is 5.92 Å². The number of hydrogen-bond acceptors (Lipinski definition) is 2. The molecule has 4 rings (SSSR count). The quantitative estimate of drug-likeness (QED) is 0.701. The van der Waals surface area contributed by atoms with Gasteiger partial charge < -0.3 is 9.84 Å². The van der Waals surface area contributed by atoms with Crippen molar-refractivity contribution in [3.05, 3.63) is 23.8 Å². The molecule has 0 saturated heterocycles.